The SMILES string of the molecule is CC(=O)[N+]1=C(C2CC2)[C@H](C)[C@@H](Nc2nccc(C)n2)c2c1ccnc2OS(=O)(=O)C(F)(F)F. The van der Waals surface area contributed by atoms with E-state index in [4.69, 9.17) is 0 Å². The number of amides is 1. The average molecular weight is 484 g/mol. The van der Waals surface area contributed by atoms with Gasteiger partial charge in [-0.25, -0.2) is 19.7 Å². The third kappa shape index (κ3) is 4.28. The molecule has 0 spiro atoms. The smallest absolute Gasteiger partial charge is 0.355 e. The lowest BCUT2D eigenvalue weighted by Crippen LogP contribution is -2.40. The van der Waals surface area contributed by atoms with Gasteiger partial charge in [-0.15, -0.1) is 4.58 Å². The maximum Gasteiger partial charge on any atom is 0.534 e. The molecule has 9 nitrogen and oxygen atoms in total. The fourth-order valence-corrected chi connectivity index (χ4v) is 4.49. The van der Waals surface area contributed by atoms with Crippen LogP contribution in [0, 0.1) is 18.8 Å². The number of hydrogen-bond acceptors (Lipinski definition) is 8. The van der Waals surface area contributed by atoms with Crippen molar-refractivity contribution < 1.29 is 35.1 Å². The summed E-state index contributed by atoms with van der Waals surface area (Å²) in [6.45, 7) is 4.88. The van der Waals surface area contributed by atoms with Gasteiger partial charge in [-0.05, 0) is 25.8 Å². The van der Waals surface area contributed by atoms with Gasteiger partial charge in [0.05, 0.1) is 18.9 Å². The van der Waals surface area contributed by atoms with Crippen LogP contribution in [0.15, 0.2) is 24.5 Å². The molecule has 1 N–H and O–H groups in total. The normalized spacial score (nSPS) is 20.9. The standard InChI is InChI=1S/C20H21F3N5O4S/c1-10-6-8-25-19(26-10)27-16-11(2)17(13-4-5-13)28(12(3)29)14-7-9-24-18(15(14)16)32-33(30,31)20(21,22)23/h6-9,11,13,16H,4-5H2,1-3H3,(H,25,26,27)/q+1/t11-,16-/m1/s1. The van der Waals surface area contributed by atoms with E-state index in [1.807, 2.05) is 0 Å². The van der Waals surface area contributed by atoms with Gasteiger partial charge >= 0.3 is 21.5 Å². The third-order valence-electron chi connectivity index (χ3n) is 5.57. The number of nitrogens with zero attached hydrogens (tertiary/aromatic N) is 4. The zero-order valence-corrected chi connectivity index (χ0v) is 18.7. The fraction of sp³-hybridized carbons (Fsp3) is 0.450. The highest BCUT2D eigenvalue weighted by atomic mass is 32.2. The number of nitrogens with one attached hydrogen (secondary N) is 1. The number of pyridine rings is 1. The van der Waals surface area contributed by atoms with Crippen molar-refractivity contribution in [2.75, 3.05) is 5.32 Å². The molecule has 0 unspecified atom stereocenters. The lowest BCUT2D eigenvalue weighted by atomic mass is 9.84. The molecule has 0 saturated heterocycles. The monoisotopic (exact) mass is 484 g/mol. The Balaban J connectivity index is 1.92. The van der Waals surface area contributed by atoms with Crippen molar-refractivity contribution in [2.45, 2.75) is 45.2 Å². The highest BCUT2D eigenvalue weighted by molar-refractivity contribution is 7.87. The molecular formula is C20H21F3N5O4S+. The van der Waals surface area contributed by atoms with E-state index in [1.54, 1.807) is 19.9 Å². The number of hydrogen-bond donors (Lipinski definition) is 1. The van der Waals surface area contributed by atoms with Crippen molar-refractivity contribution in [3.8, 4) is 5.88 Å². The zero-order valence-electron chi connectivity index (χ0n) is 17.9. The van der Waals surface area contributed by atoms with Crippen molar-refractivity contribution in [2.24, 2.45) is 11.8 Å². The number of carbonyl (C=O) groups excluding carboxylic acids is 1. The number of carbonyl (C=O) groups is 1. The predicted octanol–water partition coefficient (Wildman–Crippen LogP) is 3.25. The van der Waals surface area contributed by atoms with Crippen LogP contribution in [0.25, 0.3) is 0 Å². The van der Waals surface area contributed by atoms with E-state index in [2.05, 4.69) is 24.5 Å². The van der Waals surface area contributed by atoms with Gasteiger partial charge in [-0.3, -0.25) is 0 Å². The number of rotatable bonds is 5. The van der Waals surface area contributed by atoms with Gasteiger partial charge in [0.15, 0.2) is 5.71 Å². The first-order valence-corrected chi connectivity index (χ1v) is 11.5. The van der Waals surface area contributed by atoms with Crippen LogP contribution < -0.4 is 9.50 Å². The number of alkyl halides is 3. The molecule has 176 valence electrons. The molecule has 0 radical (unpaired) electrons. The Morgan fingerprint density at radius 3 is 2.45 bits per heavy atom. The quantitative estimate of drug-likeness (QED) is 0.391. The number of aromatic nitrogens is 3. The number of anilines is 1. The second-order valence-electron chi connectivity index (χ2n) is 8.02. The molecule has 33 heavy (non-hydrogen) atoms. The summed E-state index contributed by atoms with van der Waals surface area (Å²) < 4.78 is 68.6. The van der Waals surface area contributed by atoms with Crippen LogP contribution in [0.4, 0.5) is 24.8 Å². The zero-order chi connectivity index (χ0) is 24.1. The van der Waals surface area contributed by atoms with E-state index >= 15 is 0 Å². The largest absolute Gasteiger partial charge is 0.534 e. The van der Waals surface area contributed by atoms with Gasteiger partial charge < -0.3 is 9.50 Å². The van der Waals surface area contributed by atoms with Crippen molar-refractivity contribution in [1.29, 1.82) is 0 Å². The first-order chi connectivity index (χ1) is 15.4. The van der Waals surface area contributed by atoms with E-state index in [9.17, 15) is 26.4 Å². The summed E-state index contributed by atoms with van der Waals surface area (Å²) in [4.78, 5) is 24.8. The molecule has 1 fully saturated rings. The molecule has 2 aromatic rings. The lowest BCUT2D eigenvalue weighted by molar-refractivity contribution is -0.372. The Kier molecular flexibility index (Phi) is 5.63. The molecule has 1 amide bonds. The van der Waals surface area contributed by atoms with Crippen LogP contribution >= 0.6 is 0 Å². The molecule has 0 bridgehead atoms. The Hall–Kier alpha value is -3.09. The lowest BCUT2D eigenvalue weighted by Gasteiger charge is -2.30. The van der Waals surface area contributed by atoms with Crippen LogP contribution in [-0.2, 0) is 14.9 Å². The van der Waals surface area contributed by atoms with Crippen molar-refractivity contribution >= 4 is 33.4 Å². The van der Waals surface area contributed by atoms with E-state index < -0.39 is 33.5 Å². The summed E-state index contributed by atoms with van der Waals surface area (Å²) in [5.74, 6) is -1.24. The van der Waals surface area contributed by atoms with E-state index in [1.165, 1.54) is 23.8 Å². The molecule has 1 aliphatic carbocycles. The topological polar surface area (TPSA) is 114 Å². The highest BCUT2D eigenvalue weighted by Crippen LogP contribution is 2.47. The first kappa shape index (κ1) is 23.1. The van der Waals surface area contributed by atoms with Gasteiger partial charge in [0.2, 0.25) is 17.5 Å². The minimum absolute atomic E-state index is 0.00234. The number of fused-ring (bicyclic) bond motifs is 1. The Labute approximate surface area is 187 Å². The highest BCUT2D eigenvalue weighted by Gasteiger charge is 2.52. The molecule has 2 aliphatic rings. The minimum atomic E-state index is -5.99. The summed E-state index contributed by atoms with van der Waals surface area (Å²) >= 11 is 0. The second-order valence-corrected chi connectivity index (χ2v) is 9.56. The summed E-state index contributed by atoms with van der Waals surface area (Å²) in [5.41, 5.74) is -4.00. The van der Waals surface area contributed by atoms with Crippen LogP contribution in [0.2, 0.25) is 0 Å². The van der Waals surface area contributed by atoms with Crippen molar-refractivity contribution in [1.82, 2.24) is 15.0 Å². The molecule has 3 heterocycles. The molecule has 2 atom stereocenters. The van der Waals surface area contributed by atoms with Gasteiger partial charge in [0, 0.05) is 30.1 Å². The first-order valence-electron chi connectivity index (χ1n) is 10.1. The maximum absolute atomic E-state index is 13.1. The third-order valence-corrected chi connectivity index (χ3v) is 6.51. The molecular weight excluding hydrogens is 463 g/mol. The van der Waals surface area contributed by atoms with Crippen LogP contribution in [0.3, 0.4) is 0 Å². The molecule has 1 saturated carbocycles. The number of aryl methyl sites for hydroxylation is 1. The fourth-order valence-electron chi connectivity index (χ4n) is 4.05. The minimum Gasteiger partial charge on any atom is -0.355 e. The molecule has 1 aliphatic heterocycles. The maximum atomic E-state index is 13.1. The molecule has 13 heteroatoms. The molecule has 0 aromatic carbocycles. The van der Waals surface area contributed by atoms with Gasteiger partial charge in [-0.1, -0.05) is 6.92 Å². The molecule has 2 aromatic heterocycles. The molecule has 4 rings (SSSR count). The van der Waals surface area contributed by atoms with Gasteiger partial charge in [0.1, 0.15) is 5.56 Å². The van der Waals surface area contributed by atoms with E-state index in [0.717, 1.165) is 24.8 Å². The Bertz CT molecular complexity index is 1260. The van der Waals surface area contributed by atoms with Crippen molar-refractivity contribution in [3.63, 3.8) is 0 Å². The summed E-state index contributed by atoms with van der Waals surface area (Å²) in [6, 6.07) is 2.32. The van der Waals surface area contributed by atoms with Gasteiger partial charge in [0.25, 0.3) is 0 Å². The van der Waals surface area contributed by atoms with Crippen LogP contribution in [0.5, 0.6) is 5.88 Å². The number of halogens is 3. The van der Waals surface area contributed by atoms with Gasteiger partial charge in [-0.2, -0.15) is 21.6 Å². The van der Waals surface area contributed by atoms with Crippen LogP contribution in [0.1, 0.15) is 44.0 Å². The predicted molar refractivity (Wildman–Crippen MR) is 110 cm³/mol. The van der Waals surface area contributed by atoms with Crippen LogP contribution in [-0.4, -0.2) is 45.1 Å². The average Bonchev–Trinajstić information content (AvgIpc) is 3.53. The Morgan fingerprint density at radius 2 is 1.88 bits per heavy atom. The van der Waals surface area contributed by atoms with Crippen molar-refractivity contribution in [3.05, 3.63) is 35.8 Å². The summed E-state index contributed by atoms with van der Waals surface area (Å²) in [6.07, 6.45) is 4.35. The summed E-state index contributed by atoms with van der Waals surface area (Å²) in [5, 5.41) is 3.09. The van der Waals surface area contributed by atoms with E-state index in [0.29, 0.717) is 5.69 Å². The summed E-state index contributed by atoms with van der Waals surface area (Å²) in [7, 11) is -5.99. The Morgan fingerprint density at radius 1 is 1.21 bits per heavy atom. The second kappa shape index (κ2) is 8.04. The van der Waals surface area contributed by atoms with E-state index in [-0.39, 0.29) is 29.0 Å².